The lowest BCUT2D eigenvalue weighted by atomic mass is 9.95. The van der Waals surface area contributed by atoms with Gasteiger partial charge in [-0.25, -0.2) is 8.42 Å². The third-order valence-corrected chi connectivity index (χ3v) is 7.22. The summed E-state index contributed by atoms with van der Waals surface area (Å²) in [5.41, 5.74) is 2.56. The van der Waals surface area contributed by atoms with Gasteiger partial charge >= 0.3 is 0 Å². The average molecular weight is 359 g/mol. The second-order valence-corrected chi connectivity index (χ2v) is 8.92. The number of hydrogen-bond acceptors (Lipinski definition) is 4. The molecule has 132 valence electrons. The Morgan fingerprint density at radius 2 is 2.00 bits per heavy atom. The van der Waals surface area contributed by atoms with Crippen LogP contribution in [0.25, 0.3) is 10.9 Å². The van der Waals surface area contributed by atoms with Gasteiger partial charge in [-0.05, 0) is 38.3 Å². The van der Waals surface area contributed by atoms with Crippen molar-refractivity contribution in [1.29, 1.82) is 0 Å². The van der Waals surface area contributed by atoms with Gasteiger partial charge in [0.15, 0.2) is 5.76 Å². The molecule has 25 heavy (non-hydrogen) atoms. The summed E-state index contributed by atoms with van der Waals surface area (Å²) in [7, 11) is -1.99. The number of H-pyrrole nitrogens is 1. The van der Waals surface area contributed by atoms with Crippen LogP contribution in [0.2, 0.25) is 0 Å². The number of rotatable bonds is 5. The SMILES string of the molecule is Cc1noc(C)c1S(=O)(=O)N(C)CC1(c2c[nH]c3ccccc23)CC1. The first-order valence-electron chi connectivity index (χ1n) is 8.31. The molecule has 2 aromatic heterocycles. The maximum atomic E-state index is 13.0. The van der Waals surface area contributed by atoms with Crippen LogP contribution in [-0.2, 0) is 15.4 Å². The van der Waals surface area contributed by atoms with Crippen molar-refractivity contribution in [3.05, 3.63) is 47.5 Å². The molecule has 1 saturated carbocycles. The van der Waals surface area contributed by atoms with Gasteiger partial charge in [-0.1, -0.05) is 23.4 Å². The molecule has 6 nitrogen and oxygen atoms in total. The van der Waals surface area contributed by atoms with E-state index in [1.165, 1.54) is 15.3 Å². The molecule has 0 unspecified atom stereocenters. The molecule has 0 aliphatic heterocycles. The highest BCUT2D eigenvalue weighted by Gasteiger charge is 2.48. The summed E-state index contributed by atoms with van der Waals surface area (Å²) in [6.07, 6.45) is 3.99. The van der Waals surface area contributed by atoms with E-state index in [9.17, 15) is 8.42 Å². The molecule has 1 N–H and O–H groups in total. The lowest BCUT2D eigenvalue weighted by Gasteiger charge is -2.23. The molecular formula is C18H21N3O3S. The van der Waals surface area contributed by atoms with E-state index >= 15 is 0 Å². The fraction of sp³-hybridized carbons (Fsp3) is 0.389. The molecule has 0 spiro atoms. The van der Waals surface area contributed by atoms with Crippen LogP contribution >= 0.6 is 0 Å². The van der Waals surface area contributed by atoms with Gasteiger partial charge in [0.1, 0.15) is 10.6 Å². The fourth-order valence-corrected chi connectivity index (χ4v) is 5.22. The molecule has 0 radical (unpaired) electrons. The molecule has 1 aromatic carbocycles. The number of aromatic amines is 1. The zero-order valence-corrected chi connectivity index (χ0v) is 15.4. The minimum absolute atomic E-state index is 0.125. The van der Waals surface area contributed by atoms with E-state index in [1.807, 2.05) is 24.4 Å². The van der Waals surface area contributed by atoms with Crippen LogP contribution in [0.1, 0.15) is 29.9 Å². The van der Waals surface area contributed by atoms with Crippen molar-refractivity contribution in [3.63, 3.8) is 0 Å². The summed E-state index contributed by atoms with van der Waals surface area (Å²) in [6.45, 7) is 3.73. The van der Waals surface area contributed by atoms with Crippen molar-refractivity contribution in [2.45, 2.75) is 37.0 Å². The third-order valence-electron chi connectivity index (χ3n) is 5.18. The number of fused-ring (bicyclic) bond motifs is 1. The Balaban J connectivity index is 1.68. The van der Waals surface area contributed by atoms with Gasteiger partial charge in [-0.3, -0.25) is 0 Å². The monoisotopic (exact) mass is 359 g/mol. The van der Waals surface area contributed by atoms with Crippen molar-refractivity contribution < 1.29 is 12.9 Å². The summed E-state index contributed by atoms with van der Waals surface area (Å²) in [6, 6.07) is 8.14. The van der Waals surface area contributed by atoms with E-state index in [0.29, 0.717) is 18.0 Å². The normalized spacial score (nSPS) is 16.6. The molecule has 0 saturated heterocycles. The molecule has 0 bridgehead atoms. The lowest BCUT2D eigenvalue weighted by molar-refractivity contribution is 0.389. The Bertz CT molecular complexity index is 1030. The number of benzene rings is 1. The lowest BCUT2D eigenvalue weighted by Crippen LogP contribution is -2.34. The first-order chi connectivity index (χ1) is 11.8. The Kier molecular flexibility index (Phi) is 3.56. The van der Waals surface area contributed by atoms with Crippen LogP contribution in [0.4, 0.5) is 0 Å². The van der Waals surface area contributed by atoms with Crippen LogP contribution in [0.3, 0.4) is 0 Å². The van der Waals surface area contributed by atoms with E-state index in [4.69, 9.17) is 4.52 Å². The molecule has 0 amide bonds. The largest absolute Gasteiger partial charge is 0.361 e. The summed E-state index contributed by atoms with van der Waals surface area (Å²) >= 11 is 0. The minimum Gasteiger partial charge on any atom is -0.361 e. The van der Waals surface area contributed by atoms with Gasteiger partial charge in [0.25, 0.3) is 0 Å². The number of hydrogen-bond donors (Lipinski definition) is 1. The Hall–Kier alpha value is -2.12. The molecule has 1 aliphatic carbocycles. The predicted molar refractivity (Wildman–Crippen MR) is 95.0 cm³/mol. The maximum absolute atomic E-state index is 13.0. The topological polar surface area (TPSA) is 79.2 Å². The highest BCUT2D eigenvalue weighted by atomic mass is 32.2. The number of para-hydroxylation sites is 1. The van der Waals surface area contributed by atoms with Gasteiger partial charge in [0.2, 0.25) is 10.0 Å². The fourth-order valence-electron chi connectivity index (χ4n) is 3.68. The van der Waals surface area contributed by atoms with Crippen molar-refractivity contribution >= 4 is 20.9 Å². The number of aryl methyl sites for hydroxylation is 2. The number of likely N-dealkylation sites (N-methyl/N-ethyl adjacent to an activating group) is 1. The van der Waals surface area contributed by atoms with Crippen molar-refractivity contribution in [2.75, 3.05) is 13.6 Å². The smallest absolute Gasteiger partial charge is 0.248 e. The Morgan fingerprint density at radius 1 is 1.28 bits per heavy atom. The first kappa shape index (κ1) is 16.4. The highest BCUT2D eigenvalue weighted by molar-refractivity contribution is 7.89. The van der Waals surface area contributed by atoms with Crippen LogP contribution in [0.5, 0.6) is 0 Å². The standard InChI is InChI=1S/C18H21N3O3S/c1-12-17(13(2)24-20-12)25(22,23)21(3)11-18(8-9-18)15-10-19-16-7-5-4-6-14(15)16/h4-7,10,19H,8-9,11H2,1-3H3. The van der Waals surface area contributed by atoms with Crippen molar-refractivity contribution in [2.24, 2.45) is 0 Å². The zero-order valence-electron chi connectivity index (χ0n) is 14.5. The molecule has 1 fully saturated rings. The van der Waals surface area contributed by atoms with Crippen LogP contribution < -0.4 is 0 Å². The third kappa shape index (κ3) is 2.49. The Labute approximate surface area is 146 Å². The number of nitrogens with one attached hydrogen (secondary N) is 1. The summed E-state index contributed by atoms with van der Waals surface area (Å²) < 4.78 is 32.5. The van der Waals surface area contributed by atoms with E-state index in [2.05, 4.69) is 16.2 Å². The second-order valence-electron chi connectivity index (χ2n) is 6.94. The van der Waals surface area contributed by atoms with Crippen LogP contribution in [0.15, 0.2) is 39.9 Å². The first-order valence-corrected chi connectivity index (χ1v) is 9.75. The second kappa shape index (κ2) is 5.44. The molecule has 4 rings (SSSR count). The molecule has 1 aliphatic rings. The highest BCUT2D eigenvalue weighted by Crippen LogP contribution is 2.51. The molecule has 7 heteroatoms. The van der Waals surface area contributed by atoms with Gasteiger partial charge in [-0.15, -0.1) is 0 Å². The van der Waals surface area contributed by atoms with Crippen LogP contribution in [-0.4, -0.2) is 36.5 Å². The maximum Gasteiger partial charge on any atom is 0.248 e. The minimum atomic E-state index is -3.63. The van der Waals surface area contributed by atoms with Gasteiger partial charge < -0.3 is 9.51 Å². The van der Waals surface area contributed by atoms with Crippen molar-refractivity contribution in [1.82, 2.24) is 14.4 Å². The summed E-state index contributed by atoms with van der Waals surface area (Å²) in [5.74, 6) is 0.335. The molecule has 2 heterocycles. The molecular weight excluding hydrogens is 338 g/mol. The van der Waals surface area contributed by atoms with Crippen LogP contribution in [0, 0.1) is 13.8 Å². The quantitative estimate of drug-likeness (QED) is 0.759. The molecule has 0 atom stereocenters. The number of sulfonamides is 1. The summed E-state index contributed by atoms with van der Waals surface area (Å²) in [5, 5.41) is 4.95. The predicted octanol–water partition coefficient (Wildman–Crippen LogP) is 3.13. The van der Waals surface area contributed by atoms with E-state index in [-0.39, 0.29) is 10.3 Å². The van der Waals surface area contributed by atoms with Gasteiger partial charge in [0.05, 0.1) is 0 Å². The molecule has 3 aromatic rings. The van der Waals surface area contributed by atoms with E-state index < -0.39 is 10.0 Å². The number of aromatic nitrogens is 2. The van der Waals surface area contributed by atoms with Gasteiger partial charge in [0, 0.05) is 36.1 Å². The number of nitrogens with zero attached hydrogens (tertiary/aromatic N) is 2. The van der Waals surface area contributed by atoms with Crippen molar-refractivity contribution in [3.8, 4) is 0 Å². The Morgan fingerprint density at radius 3 is 2.64 bits per heavy atom. The summed E-state index contributed by atoms with van der Waals surface area (Å²) in [4.78, 5) is 3.48. The van der Waals surface area contributed by atoms with Gasteiger partial charge in [-0.2, -0.15) is 4.31 Å². The zero-order chi connectivity index (χ0) is 17.8. The average Bonchev–Trinajstić information content (AvgIpc) is 3.07. The van der Waals surface area contributed by atoms with E-state index in [0.717, 1.165) is 18.4 Å². The van der Waals surface area contributed by atoms with E-state index in [1.54, 1.807) is 20.9 Å².